The highest BCUT2D eigenvalue weighted by molar-refractivity contribution is 8.01. The first-order valence-electron chi connectivity index (χ1n) is 11.9. The number of hydrogen-bond donors (Lipinski definition) is 4. The molecule has 2 amide bonds. The number of nitrogens with zero attached hydrogens (tertiary/aromatic N) is 2. The SMILES string of the molecule is N[C@@H](CC[n+]1ccc(SCC2=C(C(=O)O)N3C(=O)[C@@H](NC(=O)CSc4cc(Cl)ccc4Cl)[C@H]3SC2)cc1)C(=O)O. The lowest BCUT2D eigenvalue weighted by atomic mass is 10.0. The average Bonchev–Trinajstić information content (AvgIpc) is 2.93. The molecule has 2 aromatic rings. The molecule has 0 radical (unpaired) electrons. The van der Waals surface area contributed by atoms with Gasteiger partial charge in [0.1, 0.15) is 23.2 Å². The zero-order chi connectivity index (χ0) is 29.0. The minimum Gasteiger partial charge on any atom is -0.480 e. The number of nitrogens with one attached hydrogen (secondary N) is 1. The molecule has 10 nitrogen and oxygen atoms in total. The van der Waals surface area contributed by atoms with E-state index in [4.69, 9.17) is 34.0 Å². The van der Waals surface area contributed by atoms with Crippen LogP contribution >= 0.6 is 58.5 Å². The Morgan fingerprint density at radius 1 is 1.18 bits per heavy atom. The number of fused-ring (bicyclic) bond motifs is 1. The summed E-state index contributed by atoms with van der Waals surface area (Å²) in [6, 6.07) is 6.91. The van der Waals surface area contributed by atoms with Crippen LogP contribution < -0.4 is 15.6 Å². The second-order valence-electron chi connectivity index (χ2n) is 8.87. The van der Waals surface area contributed by atoms with E-state index in [0.29, 0.717) is 45.0 Å². The lowest BCUT2D eigenvalue weighted by Crippen LogP contribution is -2.70. The molecule has 5 N–H and O–H groups in total. The van der Waals surface area contributed by atoms with Gasteiger partial charge in [-0.25, -0.2) is 9.36 Å². The van der Waals surface area contributed by atoms with E-state index in [1.54, 1.807) is 30.6 Å². The Morgan fingerprint density at radius 3 is 2.58 bits per heavy atom. The van der Waals surface area contributed by atoms with E-state index >= 15 is 0 Å². The van der Waals surface area contributed by atoms with Crippen LogP contribution in [-0.2, 0) is 25.7 Å². The Balaban J connectivity index is 1.33. The van der Waals surface area contributed by atoms with Crippen molar-refractivity contribution in [2.45, 2.75) is 40.2 Å². The first kappa shape index (κ1) is 30.5. The second kappa shape index (κ2) is 13.5. The van der Waals surface area contributed by atoms with Gasteiger partial charge in [-0.05, 0) is 23.8 Å². The molecule has 212 valence electrons. The maximum Gasteiger partial charge on any atom is 0.352 e. The van der Waals surface area contributed by atoms with Gasteiger partial charge in [-0.1, -0.05) is 23.2 Å². The van der Waals surface area contributed by atoms with Gasteiger partial charge in [0.05, 0.1) is 10.8 Å². The van der Waals surface area contributed by atoms with Gasteiger partial charge in [0.15, 0.2) is 18.9 Å². The van der Waals surface area contributed by atoms with Crippen molar-refractivity contribution in [2.24, 2.45) is 5.73 Å². The Labute approximate surface area is 252 Å². The van der Waals surface area contributed by atoms with Crippen molar-refractivity contribution >= 4 is 82.2 Å². The topological polar surface area (TPSA) is 154 Å². The first-order valence-corrected chi connectivity index (χ1v) is 15.7. The van der Waals surface area contributed by atoms with E-state index < -0.39 is 35.3 Å². The van der Waals surface area contributed by atoms with Crippen LogP contribution in [0.5, 0.6) is 0 Å². The number of aromatic nitrogens is 1. The van der Waals surface area contributed by atoms with Gasteiger partial charge in [0.2, 0.25) is 5.91 Å². The molecule has 1 saturated heterocycles. The molecule has 40 heavy (non-hydrogen) atoms. The van der Waals surface area contributed by atoms with Crippen molar-refractivity contribution < 1.29 is 34.0 Å². The highest BCUT2D eigenvalue weighted by Gasteiger charge is 2.54. The van der Waals surface area contributed by atoms with Crippen LogP contribution in [0.3, 0.4) is 0 Å². The number of halogens is 2. The number of hydrogen-bond acceptors (Lipinski definition) is 8. The van der Waals surface area contributed by atoms with Crippen LogP contribution in [0.15, 0.2) is 63.8 Å². The fourth-order valence-electron chi connectivity index (χ4n) is 4.01. The normalized spacial score (nSPS) is 19.1. The largest absolute Gasteiger partial charge is 0.480 e. The number of pyridine rings is 1. The molecule has 1 aromatic carbocycles. The fourth-order valence-corrected chi connectivity index (χ4v) is 7.68. The molecular weight excluding hydrogens is 619 g/mol. The summed E-state index contributed by atoms with van der Waals surface area (Å²) in [6.45, 7) is 0.451. The summed E-state index contributed by atoms with van der Waals surface area (Å²) in [5.41, 5.74) is 6.12. The quantitative estimate of drug-likeness (QED) is 0.154. The number of carboxylic acids is 2. The lowest BCUT2D eigenvalue weighted by molar-refractivity contribution is -0.697. The van der Waals surface area contributed by atoms with E-state index in [1.807, 2.05) is 16.7 Å². The number of nitrogens with two attached hydrogens (primary N) is 1. The minimum atomic E-state index is -1.19. The number of aryl methyl sites for hydroxylation is 1. The van der Waals surface area contributed by atoms with Gasteiger partial charge < -0.3 is 21.3 Å². The number of β-lactam (4-membered cyclic amide) rings is 1. The number of rotatable bonds is 12. The second-order valence-corrected chi connectivity index (χ2v) is 12.9. The van der Waals surface area contributed by atoms with Gasteiger partial charge in [-0.3, -0.25) is 19.3 Å². The number of thioether (sulfide) groups is 3. The van der Waals surface area contributed by atoms with Gasteiger partial charge in [-0.2, -0.15) is 0 Å². The van der Waals surface area contributed by atoms with Crippen molar-refractivity contribution in [3.8, 4) is 0 Å². The summed E-state index contributed by atoms with van der Waals surface area (Å²) < 4.78 is 1.82. The molecule has 1 aromatic heterocycles. The van der Waals surface area contributed by atoms with E-state index in [1.165, 1.54) is 40.2 Å². The number of benzene rings is 1. The zero-order valence-electron chi connectivity index (χ0n) is 20.8. The van der Waals surface area contributed by atoms with Gasteiger partial charge >= 0.3 is 11.9 Å². The summed E-state index contributed by atoms with van der Waals surface area (Å²) in [7, 11) is 0. The molecule has 2 aliphatic rings. The lowest BCUT2D eigenvalue weighted by Gasteiger charge is -2.49. The van der Waals surface area contributed by atoms with Crippen molar-refractivity contribution in [2.75, 3.05) is 17.3 Å². The standard InChI is InChI=1S/C25H24Cl2N4O6S3/c26-14-1-2-16(27)18(9-14)39-12-19(32)29-20-22(33)31-21(25(36)37)13(11-40-23(20)31)10-38-15-3-6-30(7-4-15)8-5-17(28)24(34)35/h1-4,6-7,9,17,20,23H,5,8,10-12,28H2,(H2-,29,32,34,35,36,37)/p+1/t17-,20+,23+/m0/s1. The van der Waals surface area contributed by atoms with Crippen molar-refractivity contribution in [3.63, 3.8) is 0 Å². The molecule has 3 heterocycles. The third-order valence-electron chi connectivity index (χ3n) is 6.11. The van der Waals surface area contributed by atoms with Crippen LogP contribution in [0.4, 0.5) is 0 Å². The van der Waals surface area contributed by atoms with E-state index in [0.717, 1.165) is 4.90 Å². The van der Waals surface area contributed by atoms with E-state index in [-0.39, 0.29) is 17.4 Å². The predicted octanol–water partition coefficient (Wildman–Crippen LogP) is 2.71. The summed E-state index contributed by atoms with van der Waals surface area (Å²) in [5, 5.41) is 22.0. The maximum atomic E-state index is 12.9. The Morgan fingerprint density at radius 2 is 1.90 bits per heavy atom. The molecule has 0 bridgehead atoms. The molecule has 4 rings (SSSR count). The van der Waals surface area contributed by atoms with Crippen molar-refractivity contribution in [1.82, 2.24) is 10.2 Å². The van der Waals surface area contributed by atoms with Crippen LogP contribution in [0, 0.1) is 0 Å². The van der Waals surface area contributed by atoms with Crippen LogP contribution in [0.25, 0.3) is 0 Å². The third-order valence-corrected chi connectivity index (χ3v) is 10.3. The molecule has 0 aliphatic carbocycles. The van der Waals surface area contributed by atoms with Gasteiger partial charge in [0.25, 0.3) is 5.91 Å². The molecular formula is C25H25Cl2N4O6S3+. The highest BCUT2D eigenvalue weighted by atomic mass is 35.5. The van der Waals surface area contributed by atoms with Crippen molar-refractivity contribution in [3.05, 3.63) is 64.0 Å². The van der Waals surface area contributed by atoms with Crippen LogP contribution in [0.1, 0.15) is 6.42 Å². The molecule has 0 spiro atoms. The Hall–Kier alpha value is -2.42. The van der Waals surface area contributed by atoms with Crippen molar-refractivity contribution in [1.29, 1.82) is 0 Å². The summed E-state index contributed by atoms with van der Waals surface area (Å²) in [6.07, 6.45) is 3.90. The minimum absolute atomic E-state index is 0.0220. The smallest absolute Gasteiger partial charge is 0.352 e. The predicted molar refractivity (Wildman–Crippen MR) is 154 cm³/mol. The maximum absolute atomic E-state index is 12.9. The number of carbonyl (C=O) groups excluding carboxylic acids is 2. The average molecular weight is 645 g/mol. The van der Waals surface area contributed by atoms with Gasteiger partial charge in [0, 0.05) is 44.9 Å². The summed E-state index contributed by atoms with van der Waals surface area (Å²) >= 11 is 16.2. The van der Waals surface area contributed by atoms with Crippen LogP contribution in [-0.4, -0.2) is 73.6 Å². The zero-order valence-corrected chi connectivity index (χ0v) is 24.8. The summed E-state index contributed by atoms with van der Waals surface area (Å²) in [5.74, 6) is -2.27. The number of aliphatic carboxylic acids is 2. The molecule has 0 saturated carbocycles. The fraction of sp³-hybridized carbons (Fsp3) is 0.320. The number of carboxylic acid groups (broad SMARTS) is 2. The van der Waals surface area contributed by atoms with E-state index in [9.17, 15) is 24.3 Å². The molecule has 0 unspecified atom stereocenters. The van der Waals surface area contributed by atoms with Gasteiger partial charge in [-0.15, -0.1) is 35.3 Å². The van der Waals surface area contributed by atoms with Crippen LogP contribution in [0.2, 0.25) is 10.0 Å². The van der Waals surface area contributed by atoms with E-state index in [2.05, 4.69) is 5.32 Å². The summed E-state index contributed by atoms with van der Waals surface area (Å²) in [4.78, 5) is 51.3. The first-order chi connectivity index (χ1) is 19.0. The molecule has 2 aliphatic heterocycles. The molecule has 15 heteroatoms. The monoisotopic (exact) mass is 643 g/mol. The number of amides is 2. The Bertz CT molecular complexity index is 1360. The Kier molecular flexibility index (Phi) is 10.3. The molecule has 3 atom stereocenters. The molecule has 1 fully saturated rings. The highest BCUT2D eigenvalue weighted by Crippen LogP contribution is 2.41. The number of carbonyl (C=O) groups is 4. The third kappa shape index (κ3) is 7.25.